The van der Waals surface area contributed by atoms with Gasteiger partial charge in [-0.05, 0) is 39.8 Å². The molecule has 0 saturated carbocycles. The molecule has 1 fully saturated rings. The predicted octanol–water partition coefficient (Wildman–Crippen LogP) is 3.05. The number of carbonyl (C=O) groups excluding carboxylic acids is 1. The fraction of sp³-hybridized carbons (Fsp3) is 0.533. The maximum Gasteiger partial charge on any atom is 0.179 e. The number of carbonyl (C=O) groups is 1. The highest BCUT2D eigenvalue weighted by Crippen LogP contribution is 2.15. The molecule has 2 nitrogen and oxygen atoms in total. The Labute approximate surface area is 104 Å². The summed E-state index contributed by atoms with van der Waals surface area (Å²) in [6, 6.07) is 7.93. The van der Waals surface area contributed by atoms with Crippen LogP contribution < -0.4 is 0 Å². The molecule has 17 heavy (non-hydrogen) atoms. The zero-order valence-corrected chi connectivity index (χ0v) is 10.8. The van der Waals surface area contributed by atoms with Crippen molar-refractivity contribution in [3.05, 3.63) is 35.4 Å². The first-order chi connectivity index (χ1) is 8.18. The third-order valence-corrected chi connectivity index (χ3v) is 3.65. The van der Waals surface area contributed by atoms with E-state index in [-0.39, 0.29) is 11.8 Å². The van der Waals surface area contributed by atoms with Crippen LogP contribution in [0.2, 0.25) is 0 Å². The lowest BCUT2D eigenvalue weighted by Crippen LogP contribution is -2.42. The van der Waals surface area contributed by atoms with Crippen molar-refractivity contribution < 1.29 is 4.79 Å². The third kappa shape index (κ3) is 2.95. The molecule has 0 bridgehead atoms. The summed E-state index contributed by atoms with van der Waals surface area (Å²) < 4.78 is 0. The number of rotatable bonds is 3. The molecule has 1 aliphatic rings. The van der Waals surface area contributed by atoms with Crippen LogP contribution in [0, 0.1) is 6.92 Å². The standard InChI is InChI=1S/C15H21NO/c1-12-6-8-14(9-7-12)15(17)13(2)16-10-4-3-5-11-16/h6-9,13H,3-5,10-11H2,1-2H3/t13-/m1/s1. The first-order valence-corrected chi connectivity index (χ1v) is 6.53. The summed E-state index contributed by atoms with van der Waals surface area (Å²) in [5, 5.41) is 0. The van der Waals surface area contributed by atoms with E-state index in [1.165, 1.54) is 24.8 Å². The van der Waals surface area contributed by atoms with Gasteiger partial charge in [-0.3, -0.25) is 9.69 Å². The van der Waals surface area contributed by atoms with E-state index in [1.54, 1.807) is 0 Å². The van der Waals surface area contributed by atoms with Crippen LogP contribution in [0.15, 0.2) is 24.3 Å². The zero-order chi connectivity index (χ0) is 12.3. The molecule has 0 unspecified atom stereocenters. The minimum absolute atomic E-state index is 0.0259. The molecule has 1 aliphatic heterocycles. The summed E-state index contributed by atoms with van der Waals surface area (Å²) in [4.78, 5) is 14.6. The number of aryl methyl sites for hydroxylation is 1. The highest BCUT2D eigenvalue weighted by Gasteiger charge is 2.23. The second-order valence-corrected chi connectivity index (χ2v) is 5.00. The number of ketones is 1. The molecule has 0 spiro atoms. The maximum atomic E-state index is 12.3. The lowest BCUT2D eigenvalue weighted by molar-refractivity contribution is 0.0809. The molecule has 1 saturated heterocycles. The first kappa shape index (κ1) is 12.3. The Balaban J connectivity index is 2.05. The van der Waals surface area contributed by atoms with E-state index >= 15 is 0 Å². The Morgan fingerprint density at radius 2 is 1.71 bits per heavy atom. The van der Waals surface area contributed by atoms with Crippen molar-refractivity contribution in [3.63, 3.8) is 0 Å². The smallest absolute Gasteiger partial charge is 0.179 e. The van der Waals surface area contributed by atoms with Crippen LogP contribution in [0.4, 0.5) is 0 Å². The Kier molecular flexibility index (Phi) is 3.95. The van der Waals surface area contributed by atoms with Gasteiger partial charge in [-0.25, -0.2) is 0 Å². The van der Waals surface area contributed by atoms with Gasteiger partial charge in [-0.15, -0.1) is 0 Å². The van der Waals surface area contributed by atoms with Gasteiger partial charge in [0, 0.05) is 5.56 Å². The highest BCUT2D eigenvalue weighted by molar-refractivity contribution is 5.99. The first-order valence-electron chi connectivity index (χ1n) is 6.53. The predicted molar refractivity (Wildman–Crippen MR) is 70.4 cm³/mol. The van der Waals surface area contributed by atoms with Gasteiger partial charge in [0.2, 0.25) is 0 Å². The van der Waals surface area contributed by atoms with Crippen LogP contribution in [0.5, 0.6) is 0 Å². The van der Waals surface area contributed by atoms with Crippen molar-refractivity contribution in [3.8, 4) is 0 Å². The van der Waals surface area contributed by atoms with Gasteiger partial charge in [-0.2, -0.15) is 0 Å². The largest absolute Gasteiger partial charge is 0.294 e. The van der Waals surface area contributed by atoms with E-state index in [4.69, 9.17) is 0 Å². The van der Waals surface area contributed by atoms with Gasteiger partial charge < -0.3 is 0 Å². The number of likely N-dealkylation sites (tertiary alicyclic amines) is 1. The summed E-state index contributed by atoms with van der Waals surface area (Å²) in [5.41, 5.74) is 2.04. The molecule has 1 heterocycles. The second-order valence-electron chi connectivity index (χ2n) is 5.00. The highest BCUT2D eigenvalue weighted by atomic mass is 16.1. The molecule has 0 radical (unpaired) electrons. The van der Waals surface area contributed by atoms with Crippen LogP contribution in [-0.2, 0) is 0 Å². The minimum atomic E-state index is 0.0259. The van der Waals surface area contributed by atoms with Crippen LogP contribution in [0.3, 0.4) is 0 Å². The van der Waals surface area contributed by atoms with Gasteiger partial charge in [0.25, 0.3) is 0 Å². The van der Waals surface area contributed by atoms with Gasteiger partial charge >= 0.3 is 0 Å². The van der Waals surface area contributed by atoms with Crippen LogP contribution in [-0.4, -0.2) is 29.8 Å². The molecule has 0 aromatic heterocycles. The SMILES string of the molecule is Cc1ccc(C(=O)[C@@H](C)N2CCCCC2)cc1. The average molecular weight is 231 g/mol. The number of hydrogen-bond donors (Lipinski definition) is 0. The maximum absolute atomic E-state index is 12.3. The molecule has 2 heteroatoms. The normalized spacial score (nSPS) is 18.9. The van der Waals surface area contributed by atoms with Crippen molar-refractivity contribution in [2.24, 2.45) is 0 Å². The number of Topliss-reactive ketones (excluding diaryl/α,β-unsaturated/α-hetero) is 1. The van der Waals surface area contributed by atoms with Crippen molar-refractivity contribution in [2.75, 3.05) is 13.1 Å². The lowest BCUT2D eigenvalue weighted by atomic mass is 10.0. The molecule has 1 aromatic carbocycles. The molecule has 0 N–H and O–H groups in total. The topological polar surface area (TPSA) is 20.3 Å². The summed E-state index contributed by atoms with van der Waals surface area (Å²) in [5.74, 6) is 0.256. The number of benzene rings is 1. The number of nitrogens with zero attached hydrogens (tertiary/aromatic N) is 1. The van der Waals surface area contributed by atoms with Crippen molar-refractivity contribution in [1.82, 2.24) is 4.90 Å². The summed E-state index contributed by atoms with van der Waals surface area (Å²) in [7, 11) is 0. The van der Waals surface area contributed by atoms with E-state index in [0.717, 1.165) is 18.7 Å². The van der Waals surface area contributed by atoms with Crippen molar-refractivity contribution in [2.45, 2.75) is 39.2 Å². The Morgan fingerprint density at radius 3 is 2.29 bits per heavy atom. The monoisotopic (exact) mass is 231 g/mol. The molecular weight excluding hydrogens is 210 g/mol. The molecule has 2 rings (SSSR count). The number of piperidine rings is 1. The van der Waals surface area contributed by atoms with E-state index in [9.17, 15) is 4.79 Å². The second kappa shape index (κ2) is 5.46. The molecular formula is C15H21NO. The zero-order valence-electron chi connectivity index (χ0n) is 10.8. The van der Waals surface area contributed by atoms with E-state index < -0.39 is 0 Å². The fourth-order valence-corrected chi connectivity index (χ4v) is 2.43. The molecule has 92 valence electrons. The van der Waals surface area contributed by atoms with Crippen molar-refractivity contribution >= 4 is 5.78 Å². The summed E-state index contributed by atoms with van der Waals surface area (Å²) >= 11 is 0. The molecule has 1 atom stereocenters. The molecule has 0 aliphatic carbocycles. The van der Waals surface area contributed by atoms with E-state index in [2.05, 4.69) is 4.90 Å². The van der Waals surface area contributed by atoms with Crippen LogP contribution in [0.1, 0.15) is 42.1 Å². The molecule has 0 amide bonds. The van der Waals surface area contributed by atoms with Gasteiger partial charge in [-0.1, -0.05) is 36.2 Å². The van der Waals surface area contributed by atoms with Crippen LogP contribution in [0.25, 0.3) is 0 Å². The van der Waals surface area contributed by atoms with Crippen LogP contribution >= 0.6 is 0 Å². The fourth-order valence-electron chi connectivity index (χ4n) is 2.43. The van der Waals surface area contributed by atoms with Gasteiger partial charge in [0.1, 0.15) is 0 Å². The summed E-state index contributed by atoms with van der Waals surface area (Å²) in [6.45, 7) is 6.22. The van der Waals surface area contributed by atoms with Gasteiger partial charge in [0.05, 0.1) is 6.04 Å². The minimum Gasteiger partial charge on any atom is -0.294 e. The third-order valence-electron chi connectivity index (χ3n) is 3.65. The lowest BCUT2D eigenvalue weighted by Gasteiger charge is -2.31. The number of hydrogen-bond acceptors (Lipinski definition) is 2. The quantitative estimate of drug-likeness (QED) is 0.745. The van der Waals surface area contributed by atoms with E-state index in [1.807, 2.05) is 38.1 Å². The van der Waals surface area contributed by atoms with Gasteiger partial charge in [0.15, 0.2) is 5.78 Å². The van der Waals surface area contributed by atoms with E-state index in [0.29, 0.717) is 0 Å². The Hall–Kier alpha value is -1.15. The molecule has 1 aromatic rings. The average Bonchev–Trinajstić information content (AvgIpc) is 2.39. The Bertz CT molecular complexity index is 376. The van der Waals surface area contributed by atoms with Crippen molar-refractivity contribution in [1.29, 1.82) is 0 Å². The summed E-state index contributed by atoms with van der Waals surface area (Å²) in [6.07, 6.45) is 3.76. The Morgan fingerprint density at radius 1 is 1.12 bits per heavy atom.